The normalized spacial score (nSPS) is 18.9. The molecule has 0 atom stereocenters. The maximum atomic E-state index is 14.3. The summed E-state index contributed by atoms with van der Waals surface area (Å²) in [5.74, 6) is -0.165. The highest BCUT2D eigenvalue weighted by molar-refractivity contribution is 14.1. The Labute approximate surface area is 191 Å². The van der Waals surface area contributed by atoms with E-state index < -0.39 is 0 Å². The summed E-state index contributed by atoms with van der Waals surface area (Å²) >= 11 is 2.14. The van der Waals surface area contributed by atoms with Gasteiger partial charge in [0.1, 0.15) is 5.82 Å². The van der Waals surface area contributed by atoms with Crippen LogP contribution in [-0.2, 0) is 6.54 Å². The number of hydrogen-bond acceptors (Lipinski definition) is 3. The lowest BCUT2D eigenvalue weighted by atomic mass is 9.99. The Morgan fingerprint density at radius 2 is 1.77 bits per heavy atom. The number of anilines is 1. The summed E-state index contributed by atoms with van der Waals surface area (Å²) in [5.41, 5.74) is 3.00. The molecule has 0 N–H and O–H groups in total. The van der Waals surface area contributed by atoms with Crippen LogP contribution in [-0.4, -0.2) is 46.9 Å². The van der Waals surface area contributed by atoms with Gasteiger partial charge in [-0.15, -0.1) is 0 Å². The number of piperidine rings is 2. The highest BCUT2D eigenvalue weighted by atomic mass is 127. The molecule has 3 aromatic rings. The third-order valence-electron chi connectivity index (χ3n) is 6.70. The van der Waals surface area contributed by atoms with Crippen molar-refractivity contribution >= 4 is 39.2 Å². The molecule has 0 radical (unpaired) electrons. The molecule has 0 spiro atoms. The molecule has 0 saturated carbocycles. The van der Waals surface area contributed by atoms with E-state index in [9.17, 15) is 4.39 Å². The van der Waals surface area contributed by atoms with Gasteiger partial charge in [-0.3, -0.25) is 4.68 Å². The fourth-order valence-electron chi connectivity index (χ4n) is 4.97. The van der Waals surface area contributed by atoms with Crippen molar-refractivity contribution in [2.45, 2.75) is 44.7 Å². The fourth-order valence-corrected chi connectivity index (χ4v) is 5.42. The zero-order valence-electron chi connectivity index (χ0n) is 17.2. The molecule has 4 nitrogen and oxygen atoms in total. The number of nitrogens with zero attached hydrogens (tertiary/aromatic N) is 4. The first-order chi connectivity index (χ1) is 14.7. The van der Waals surface area contributed by atoms with E-state index in [1.165, 1.54) is 50.9 Å². The third kappa shape index (κ3) is 4.21. The van der Waals surface area contributed by atoms with Gasteiger partial charge in [0.2, 0.25) is 0 Å². The zero-order valence-corrected chi connectivity index (χ0v) is 19.4. The van der Waals surface area contributed by atoms with Crippen LogP contribution in [0.25, 0.3) is 10.9 Å². The molecule has 0 aliphatic carbocycles. The Kier molecular flexibility index (Phi) is 5.96. The Bertz CT molecular complexity index is 1020. The molecule has 3 heterocycles. The second-order valence-corrected chi connectivity index (χ2v) is 9.84. The van der Waals surface area contributed by atoms with Crippen molar-refractivity contribution in [1.82, 2.24) is 14.7 Å². The standard InChI is InChI=1S/C24H28FIN4/c25-23-14-20(26)6-4-19(23)17-30-24-15-22(7-5-18(24)16-27-30)29-12-8-21(9-13-29)28-10-2-1-3-11-28/h4-7,14-16,21H,1-3,8-13,17H2. The number of benzene rings is 2. The van der Waals surface area contributed by atoms with Crippen molar-refractivity contribution in [1.29, 1.82) is 0 Å². The summed E-state index contributed by atoms with van der Waals surface area (Å²) < 4.78 is 17.2. The summed E-state index contributed by atoms with van der Waals surface area (Å²) in [7, 11) is 0. The Balaban J connectivity index is 1.32. The van der Waals surface area contributed by atoms with E-state index in [0.717, 1.165) is 33.6 Å². The maximum absolute atomic E-state index is 14.3. The minimum Gasteiger partial charge on any atom is -0.371 e. The van der Waals surface area contributed by atoms with E-state index in [-0.39, 0.29) is 5.82 Å². The van der Waals surface area contributed by atoms with Gasteiger partial charge in [-0.2, -0.15) is 5.10 Å². The van der Waals surface area contributed by atoms with Gasteiger partial charge in [-0.05, 0) is 91.7 Å². The first-order valence-corrected chi connectivity index (χ1v) is 12.1. The van der Waals surface area contributed by atoms with E-state index in [4.69, 9.17) is 0 Å². The SMILES string of the molecule is Fc1cc(I)ccc1Cn1ncc2ccc(N3CCC(N4CCCCC4)CC3)cc21. The summed E-state index contributed by atoms with van der Waals surface area (Å²) in [4.78, 5) is 5.22. The Morgan fingerprint density at radius 3 is 2.53 bits per heavy atom. The second-order valence-electron chi connectivity index (χ2n) is 8.60. The van der Waals surface area contributed by atoms with Crippen molar-refractivity contribution in [3.05, 3.63) is 57.5 Å². The molecule has 2 aliphatic rings. The van der Waals surface area contributed by atoms with Crippen LogP contribution in [0, 0.1) is 9.39 Å². The predicted molar refractivity (Wildman–Crippen MR) is 129 cm³/mol. The molecule has 5 rings (SSSR count). The number of likely N-dealkylation sites (tertiary alicyclic amines) is 1. The smallest absolute Gasteiger partial charge is 0.129 e. The largest absolute Gasteiger partial charge is 0.371 e. The quantitative estimate of drug-likeness (QED) is 0.440. The molecular formula is C24H28FIN4. The molecular weight excluding hydrogens is 490 g/mol. The van der Waals surface area contributed by atoms with E-state index in [2.05, 4.69) is 55.7 Å². The average Bonchev–Trinajstić information content (AvgIpc) is 3.18. The van der Waals surface area contributed by atoms with Crippen LogP contribution in [0.15, 0.2) is 42.6 Å². The third-order valence-corrected chi connectivity index (χ3v) is 7.37. The first-order valence-electron chi connectivity index (χ1n) is 11.1. The van der Waals surface area contributed by atoms with Gasteiger partial charge in [0.25, 0.3) is 0 Å². The highest BCUT2D eigenvalue weighted by Gasteiger charge is 2.25. The van der Waals surface area contributed by atoms with Gasteiger partial charge >= 0.3 is 0 Å². The maximum Gasteiger partial charge on any atom is 0.129 e. The minimum atomic E-state index is -0.165. The number of hydrogen-bond donors (Lipinski definition) is 0. The van der Waals surface area contributed by atoms with E-state index in [1.807, 2.05) is 23.0 Å². The van der Waals surface area contributed by atoms with Gasteiger partial charge in [0, 0.05) is 39.3 Å². The van der Waals surface area contributed by atoms with E-state index >= 15 is 0 Å². The molecule has 158 valence electrons. The van der Waals surface area contributed by atoms with Crippen LogP contribution in [0.4, 0.5) is 10.1 Å². The number of aromatic nitrogens is 2. The van der Waals surface area contributed by atoms with Crippen molar-refractivity contribution in [2.24, 2.45) is 0 Å². The second kappa shape index (κ2) is 8.83. The Hall–Kier alpha value is -1.67. The topological polar surface area (TPSA) is 24.3 Å². The van der Waals surface area contributed by atoms with Gasteiger partial charge in [0.05, 0.1) is 18.3 Å². The average molecular weight is 518 g/mol. The molecule has 0 bridgehead atoms. The molecule has 6 heteroatoms. The first kappa shape index (κ1) is 20.2. The van der Waals surface area contributed by atoms with E-state index in [0.29, 0.717) is 12.1 Å². The summed E-state index contributed by atoms with van der Waals surface area (Å²) in [6.07, 6.45) is 8.49. The number of halogens is 2. The predicted octanol–water partition coefficient (Wildman–Crippen LogP) is 5.28. The lowest BCUT2D eigenvalue weighted by Crippen LogP contribution is -2.46. The zero-order chi connectivity index (χ0) is 20.5. The lowest BCUT2D eigenvalue weighted by Gasteiger charge is -2.41. The molecule has 1 aromatic heterocycles. The summed E-state index contributed by atoms with van der Waals surface area (Å²) in [5, 5.41) is 5.64. The van der Waals surface area contributed by atoms with Crippen LogP contribution in [0.3, 0.4) is 0 Å². The fraction of sp³-hybridized carbons (Fsp3) is 0.458. The molecule has 30 heavy (non-hydrogen) atoms. The van der Waals surface area contributed by atoms with E-state index in [1.54, 1.807) is 6.07 Å². The number of fused-ring (bicyclic) bond motifs is 1. The monoisotopic (exact) mass is 518 g/mol. The van der Waals surface area contributed by atoms with Gasteiger partial charge in [0.15, 0.2) is 0 Å². The molecule has 2 saturated heterocycles. The Morgan fingerprint density at radius 1 is 0.967 bits per heavy atom. The minimum absolute atomic E-state index is 0.165. The van der Waals surface area contributed by atoms with Crippen molar-refractivity contribution < 1.29 is 4.39 Å². The van der Waals surface area contributed by atoms with Crippen LogP contribution in [0.1, 0.15) is 37.7 Å². The molecule has 2 fully saturated rings. The van der Waals surface area contributed by atoms with Crippen LogP contribution < -0.4 is 4.90 Å². The number of rotatable bonds is 4. The van der Waals surface area contributed by atoms with Crippen molar-refractivity contribution in [2.75, 3.05) is 31.1 Å². The molecule has 0 amide bonds. The van der Waals surface area contributed by atoms with Gasteiger partial charge < -0.3 is 9.80 Å². The highest BCUT2D eigenvalue weighted by Crippen LogP contribution is 2.28. The molecule has 2 aromatic carbocycles. The lowest BCUT2D eigenvalue weighted by molar-refractivity contribution is 0.141. The molecule has 2 aliphatic heterocycles. The summed E-state index contributed by atoms with van der Waals surface area (Å²) in [6, 6.07) is 12.7. The molecule has 0 unspecified atom stereocenters. The van der Waals surface area contributed by atoms with Gasteiger partial charge in [-0.25, -0.2) is 4.39 Å². The van der Waals surface area contributed by atoms with Crippen LogP contribution in [0.5, 0.6) is 0 Å². The van der Waals surface area contributed by atoms with Gasteiger partial charge in [-0.1, -0.05) is 12.5 Å². The van der Waals surface area contributed by atoms with Crippen LogP contribution in [0.2, 0.25) is 0 Å². The van der Waals surface area contributed by atoms with Crippen LogP contribution >= 0.6 is 22.6 Å². The van der Waals surface area contributed by atoms with Crippen molar-refractivity contribution in [3.63, 3.8) is 0 Å². The van der Waals surface area contributed by atoms with Crippen molar-refractivity contribution in [3.8, 4) is 0 Å². The summed E-state index contributed by atoms with van der Waals surface area (Å²) in [6.45, 7) is 5.22.